The van der Waals surface area contributed by atoms with E-state index in [1.165, 1.54) is 24.3 Å². The molecule has 0 aromatic heterocycles. The van der Waals surface area contributed by atoms with E-state index in [2.05, 4.69) is 5.32 Å². The summed E-state index contributed by atoms with van der Waals surface area (Å²) in [6.45, 7) is 1.58. The molecule has 0 heterocycles. The van der Waals surface area contributed by atoms with Crippen LogP contribution in [0.4, 0.5) is 4.39 Å². The number of hydrogen-bond donors (Lipinski definition) is 2. The van der Waals surface area contributed by atoms with Crippen molar-refractivity contribution in [1.82, 2.24) is 5.32 Å². The molecular formula is C19H20FNO4S. The fourth-order valence-electron chi connectivity index (χ4n) is 2.32. The number of thioether (sulfide) groups is 1. The first-order valence-corrected chi connectivity index (χ1v) is 9.20. The number of ether oxygens (including phenoxy) is 1. The molecule has 2 rings (SSSR count). The number of rotatable bonds is 8. The number of halogens is 1. The summed E-state index contributed by atoms with van der Waals surface area (Å²) in [6.07, 6.45) is 0.836. The van der Waals surface area contributed by atoms with Gasteiger partial charge in [0.05, 0.1) is 12.5 Å². The Balaban J connectivity index is 2.04. The normalized spacial score (nSPS) is 12.9. The molecule has 0 aliphatic carbocycles. The minimum Gasteiger partial charge on any atom is -0.481 e. The Hall–Kier alpha value is -2.54. The summed E-state index contributed by atoms with van der Waals surface area (Å²) >= 11 is 1.60. The van der Waals surface area contributed by atoms with Crippen LogP contribution in [0.3, 0.4) is 0 Å². The van der Waals surface area contributed by atoms with Crippen LogP contribution in [0.15, 0.2) is 53.4 Å². The molecule has 138 valence electrons. The molecule has 2 N–H and O–H groups in total. The van der Waals surface area contributed by atoms with Crippen molar-refractivity contribution in [2.45, 2.75) is 30.4 Å². The zero-order valence-electron chi connectivity index (χ0n) is 14.4. The van der Waals surface area contributed by atoms with Crippen molar-refractivity contribution in [2.24, 2.45) is 0 Å². The van der Waals surface area contributed by atoms with Crippen LogP contribution in [-0.2, 0) is 9.59 Å². The summed E-state index contributed by atoms with van der Waals surface area (Å²) in [4.78, 5) is 24.6. The Bertz CT molecular complexity index is 749. The molecule has 2 unspecified atom stereocenters. The Labute approximate surface area is 155 Å². The second-order valence-electron chi connectivity index (χ2n) is 5.65. The lowest BCUT2D eigenvalue weighted by Gasteiger charge is -2.21. The lowest BCUT2D eigenvalue weighted by Crippen LogP contribution is -2.39. The number of carboxylic acids is 1. The van der Waals surface area contributed by atoms with Crippen LogP contribution in [0.2, 0.25) is 0 Å². The molecule has 0 saturated carbocycles. The first-order valence-electron chi connectivity index (χ1n) is 7.97. The summed E-state index contributed by atoms with van der Waals surface area (Å²) in [5, 5.41) is 11.7. The highest BCUT2D eigenvalue weighted by atomic mass is 32.2. The lowest BCUT2D eigenvalue weighted by molar-refractivity contribution is -0.138. The second-order valence-corrected chi connectivity index (χ2v) is 6.53. The van der Waals surface area contributed by atoms with Crippen LogP contribution in [0.5, 0.6) is 5.75 Å². The average molecular weight is 377 g/mol. The predicted octanol–water partition coefficient (Wildman–Crippen LogP) is 3.65. The van der Waals surface area contributed by atoms with E-state index >= 15 is 0 Å². The highest BCUT2D eigenvalue weighted by molar-refractivity contribution is 7.98. The number of carbonyl (C=O) groups is 2. The predicted molar refractivity (Wildman–Crippen MR) is 97.8 cm³/mol. The first-order chi connectivity index (χ1) is 12.4. The fourth-order valence-corrected chi connectivity index (χ4v) is 2.73. The fraction of sp³-hybridized carbons (Fsp3) is 0.263. The smallest absolute Gasteiger partial charge is 0.305 e. The van der Waals surface area contributed by atoms with Gasteiger partial charge in [-0.15, -0.1) is 11.8 Å². The summed E-state index contributed by atoms with van der Waals surface area (Å²) in [7, 11) is 0. The molecule has 2 aromatic carbocycles. The van der Waals surface area contributed by atoms with Crippen LogP contribution < -0.4 is 10.1 Å². The van der Waals surface area contributed by atoms with Gasteiger partial charge >= 0.3 is 5.97 Å². The first kappa shape index (κ1) is 19.8. The van der Waals surface area contributed by atoms with Gasteiger partial charge in [0.25, 0.3) is 5.91 Å². The van der Waals surface area contributed by atoms with Crippen molar-refractivity contribution in [2.75, 3.05) is 6.26 Å². The van der Waals surface area contributed by atoms with Crippen LogP contribution in [0.25, 0.3) is 0 Å². The summed E-state index contributed by atoms with van der Waals surface area (Å²) in [5.41, 5.74) is 0.513. The van der Waals surface area contributed by atoms with E-state index in [4.69, 9.17) is 9.84 Å². The molecule has 5 nitrogen and oxygen atoms in total. The second kappa shape index (κ2) is 9.24. The molecule has 0 fully saturated rings. The molecule has 2 aromatic rings. The number of hydrogen-bond acceptors (Lipinski definition) is 4. The quantitative estimate of drug-likeness (QED) is 0.687. The van der Waals surface area contributed by atoms with Crippen LogP contribution in [0.1, 0.15) is 24.9 Å². The van der Waals surface area contributed by atoms with Crippen molar-refractivity contribution in [1.29, 1.82) is 0 Å². The van der Waals surface area contributed by atoms with E-state index in [0.717, 1.165) is 4.90 Å². The minimum atomic E-state index is -1.07. The lowest BCUT2D eigenvalue weighted by atomic mass is 10.0. The SMILES string of the molecule is CSc1ccc(OC(C)C(=O)NC(CC(=O)O)c2ccc(F)cc2)cc1. The third-order valence-corrected chi connectivity index (χ3v) is 4.45. The monoisotopic (exact) mass is 377 g/mol. The molecule has 1 amide bonds. The molecule has 2 atom stereocenters. The molecule has 0 aliphatic rings. The van der Waals surface area contributed by atoms with Gasteiger partial charge in [-0.05, 0) is 55.1 Å². The standard InChI is InChI=1S/C19H20FNO4S/c1-12(25-15-7-9-16(26-2)10-8-15)19(24)21-17(11-18(22)23)13-3-5-14(20)6-4-13/h3-10,12,17H,11H2,1-2H3,(H,21,24)(H,22,23). The molecule has 26 heavy (non-hydrogen) atoms. The summed E-state index contributed by atoms with van der Waals surface area (Å²) in [5.74, 6) is -1.41. The largest absolute Gasteiger partial charge is 0.481 e. The highest BCUT2D eigenvalue weighted by Gasteiger charge is 2.22. The van der Waals surface area contributed by atoms with Gasteiger partial charge in [-0.3, -0.25) is 9.59 Å². The molecule has 0 aliphatic heterocycles. The summed E-state index contributed by atoms with van der Waals surface area (Å²) < 4.78 is 18.7. The number of nitrogens with one attached hydrogen (secondary N) is 1. The van der Waals surface area contributed by atoms with Gasteiger partial charge in [0.1, 0.15) is 11.6 Å². The van der Waals surface area contributed by atoms with Crippen molar-refractivity contribution in [3.05, 3.63) is 59.9 Å². The molecule has 0 saturated heterocycles. The number of amides is 1. The van der Waals surface area contributed by atoms with Crippen LogP contribution >= 0.6 is 11.8 Å². The number of aliphatic carboxylic acids is 1. The van der Waals surface area contributed by atoms with Crippen molar-refractivity contribution in [3.63, 3.8) is 0 Å². The Kier molecular flexibility index (Phi) is 7.03. The molecule has 0 spiro atoms. The van der Waals surface area contributed by atoms with Crippen molar-refractivity contribution in [3.8, 4) is 5.75 Å². The Morgan fingerprint density at radius 2 is 1.77 bits per heavy atom. The van der Waals surface area contributed by atoms with Gasteiger partial charge in [0.2, 0.25) is 0 Å². The topological polar surface area (TPSA) is 75.6 Å². The maximum Gasteiger partial charge on any atom is 0.305 e. The summed E-state index contributed by atoms with van der Waals surface area (Å²) in [6, 6.07) is 11.9. The van der Waals surface area contributed by atoms with E-state index in [1.807, 2.05) is 18.4 Å². The average Bonchev–Trinajstić information content (AvgIpc) is 2.62. The van der Waals surface area contributed by atoms with Gasteiger partial charge in [0, 0.05) is 4.90 Å². The Morgan fingerprint density at radius 3 is 2.31 bits per heavy atom. The molecule has 0 bridgehead atoms. The van der Waals surface area contributed by atoms with Crippen LogP contribution in [0, 0.1) is 5.82 Å². The maximum absolute atomic E-state index is 13.1. The van der Waals surface area contributed by atoms with E-state index in [0.29, 0.717) is 11.3 Å². The van der Waals surface area contributed by atoms with E-state index in [-0.39, 0.29) is 6.42 Å². The number of benzene rings is 2. The van der Waals surface area contributed by atoms with Gasteiger partial charge < -0.3 is 15.2 Å². The zero-order chi connectivity index (χ0) is 19.1. The van der Waals surface area contributed by atoms with Crippen LogP contribution in [-0.4, -0.2) is 29.3 Å². The highest BCUT2D eigenvalue weighted by Crippen LogP contribution is 2.21. The number of carbonyl (C=O) groups excluding carboxylic acids is 1. The van der Waals surface area contributed by atoms with Gasteiger partial charge in [-0.2, -0.15) is 0 Å². The van der Waals surface area contributed by atoms with Gasteiger partial charge in [-0.1, -0.05) is 12.1 Å². The number of carboxylic acid groups (broad SMARTS) is 1. The maximum atomic E-state index is 13.1. The van der Waals surface area contributed by atoms with E-state index in [1.54, 1.807) is 30.8 Å². The zero-order valence-corrected chi connectivity index (χ0v) is 15.3. The Morgan fingerprint density at radius 1 is 1.15 bits per heavy atom. The van der Waals surface area contributed by atoms with Crippen molar-refractivity contribution >= 4 is 23.6 Å². The van der Waals surface area contributed by atoms with Gasteiger partial charge in [0.15, 0.2) is 6.10 Å². The third-order valence-electron chi connectivity index (χ3n) is 3.71. The van der Waals surface area contributed by atoms with Crippen molar-refractivity contribution < 1.29 is 23.8 Å². The minimum absolute atomic E-state index is 0.313. The van der Waals surface area contributed by atoms with E-state index in [9.17, 15) is 14.0 Å². The van der Waals surface area contributed by atoms with E-state index < -0.39 is 29.8 Å². The molecule has 0 radical (unpaired) electrons. The third kappa shape index (κ3) is 5.77. The molecular weight excluding hydrogens is 357 g/mol. The molecule has 7 heteroatoms. The van der Waals surface area contributed by atoms with Gasteiger partial charge in [-0.25, -0.2) is 4.39 Å².